The Morgan fingerprint density at radius 3 is 2.54 bits per heavy atom. The molecule has 2 amide bonds. The van der Waals surface area contributed by atoms with E-state index in [0.717, 1.165) is 5.56 Å². The number of hydrogen-bond acceptors (Lipinski definition) is 5. The summed E-state index contributed by atoms with van der Waals surface area (Å²) in [7, 11) is 0. The summed E-state index contributed by atoms with van der Waals surface area (Å²) >= 11 is 6.37. The number of carbonyl (C=O) groups excluding carboxylic acids is 2. The number of amides is 2. The average Bonchev–Trinajstić information content (AvgIpc) is 2.94. The first-order chi connectivity index (χ1) is 13.0. The zero-order valence-corrected chi connectivity index (χ0v) is 17.7. The van der Waals surface area contributed by atoms with Crippen molar-refractivity contribution in [2.24, 2.45) is 11.1 Å². The number of hydrogen-bond donors (Lipinski definition) is 2. The zero-order valence-electron chi connectivity index (χ0n) is 16.9. The number of nitrogens with two attached hydrogens (primary N) is 1. The van der Waals surface area contributed by atoms with E-state index in [4.69, 9.17) is 21.9 Å². The van der Waals surface area contributed by atoms with E-state index in [9.17, 15) is 9.59 Å². The van der Waals surface area contributed by atoms with Crippen LogP contribution in [0.4, 0.5) is 5.69 Å². The lowest BCUT2D eigenvalue weighted by molar-refractivity contribution is -0.114. The van der Waals surface area contributed by atoms with Gasteiger partial charge in [0.25, 0.3) is 5.91 Å². The molecule has 0 fully saturated rings. The molecular formula is C20H27ClN4O3. The molecule has 152 valence electrons. The fourth-order valence-corrected chi connectivity index (χ4v) is 3.09. The van der Waals surface area contributed by atoms with E-state index in [-0.39, 0.29) is 23.8 Å². The summed E-state index contributed by atoms with van der Waals surface area (Å²) < 4.78 is 5.16. The molecule has 2 aromatic rings. The molecule has 1 aromatic heterocycles. The number of benzene rings is 1. The molecule has 0 aliphatic heterocycles. The molecule has 7 nitrogen and oxygen atoms in total. The highest BCUT2D eigenvalue weighted by molar-refractivity contribution is 6.31. The van der Waals surface area contributed by atoms with Gasteiger partial charge in [-0.2, -0.15) is 0 Å². The highest BCUT2D eigenvalue weighted by atomic mass is 35.5. The molecule has 28 heavy (non-hydrogen) atoms. The van der Waals surface area contributed by atoms with Crippen LogP contribution in [-0.2, 0) is 11.3 Å². The Hall–Kier alpha value is -2.38. The molecule has 0 aliphatic carbocycles. The quantitative estimate of drug-likeness (QED) is 0.732. The van der Waals surface area contributed by atoms with Crippen LogP contribution in [0.5, 0.6) is 0 Å². The standard InChI is InChI=1S/C20H27ClN4O3/c1-12-18(13(2)28-24-12)19(27)25(11-20(4,5)10-22)9-15-8-16(23-14(3)26)6-7-17(15)21/h6-8H,9-11,22H2,1-5H3,(H,23,26). The molecule has 8 heteroatoms. The summed E-state index contributed by atoms with van der Waals surface area (Å²) in [5, 5.41) is 7.13. The number of aryl methyl sites for hydroxylation is 2. The van der Waals surface area contributed by atoms with Crippen LogP contribution in [0.15, 0.2) is 22.7 Å². The zero-order chi connectivity index (χ0) is 21.1. The third kappa shape index (κ3) is 5.33. The largest absolute Gasteiger partial charge is 0.361 e. The van der Waals surface area contributed by atoms with Crippen molar-refractivity contribution >= 4 is 29.1 Å². The molecule has 0 saturated carbocycles. The number of rotatable bonds is 7. The van der Waals surface area contributed by atoms with Gasteiger partial charge in [0.05, 0.1) is 5.69 Å². The lowest BCUT2D eigenvalue weighted by Crippen LogP contribution is -2.42. The van der Waals surface area contributed by atoms with Gasteiger partial charge in [-0.15, -0.1) is 0 Å². The third-order valence-corrected chi connectivity index (χ3v) is 4.80. The van der Waals surface area contributed by atoms with E-state index < -0.39 is 0 Å². The maximum Gasteiger partial charge on any atom is 0.259 e. The van der Waals surface area contributed by atoms with Gasteiger partial charge in [0.15, 0.2) is 0 Å². The minimum absolute atomic E-state index is 0.179. The Bertz CT molecular complexity index is 857. The van der Waals surface area contributed by atoms with Crippen LogP contribution in [-0.4, -0.2) is 35.0 Å². The fourth-order valence-electron chi connectivity index (χ4n) is 2.91. The second-order valence-electron chi connectivity index (χ2n) is 7.72. The molecular weight excluding hydrogens is 380 g/mol. The van der Waals surface area contributed by atoms with Crippen LogP contribution in [0.1, 0.15) is 48.1 Å². The number of aromatic nitrogens is 1. The number of nitrogens with one attached hydrogen (secondary N) is 1. The minimum Gasteiger partial charge on any atom is -0.361 e. The first-order valence-electron chi connectivity index (χ1n) is 9.02. The molecule has 1 heterocycles. The van der Waals surface area contributed by atoms with Crippen molar-refractivity contribution in [2.45, 2.75) is 41.2 Å². The predicted molar refractivity (Wildman–Crippen MR) is 109 cm³/mol. The van der Waals surface area contributed by atoms with Crippen molar-refractivity contribution in [3.8, 4) is 0 Å². The SMILES string of the molecule is CC(=O)Nc1ccc(Cl)c(CN(CC(C)(C)CN)C(=O)c2c(C)noc2C)c1. The van der Waals surface area contributed by atoms with Gasteiger partial charge in [0, 0.05) is 30.7 Å². The molecule has 0 atom stereocenters. The summed E-state index contributed by atoms with van der Waals surface area (Å²) in [6, 6.07) is 5.19. The van der Waals surface area contributed by atoms with Crippen molar-refractivity contribution < 1.29 is 14.1 Å². The number of carbonyl (C=O) groups is 2. The molecule has 0 spiro atoms. The summed E-state index contributed by atoms with van der Waals surface area (Å²) in [6.45, 7) is 9.98. The minimum atomic E-state index is -0.295. The van der Waals surface area contributed by atoms with Gasteiger partial charge in [0.1, 0.15) is 11.3 Å². The maximum absolute atomic E-state index is 13.3. The van der Waals surface area contributed by atoms with Crippen LogP contribution in [0.3, 0.4) is 0 Å². The van der Waals surface area contributed by atoms with Crippen molar-refractivity contribution in [3.63, 3.8) is 0 Å². The van der Waals surface area contributed by atoms with Gasteiger partial charge in [-0.1, -0.05) is 30.6 Å². The molecule has 2 rings (SSSR count). The van der Waals surface area contributed by atoms with Gasteiger partial charge in [0.2, 0.25) is 5.91 Å². The Morgan fingerprint density at radius 1 is 1.32 bits per heavy atom. The van der Waals surface area contributed by atoms with E-state index in [1.54, 1.807) is 36.9 Å². The van der Waals surface area contributed by atoms with Crippen molar-refractivity contribution in [2.75, 3.05) is 18.4 Å². The van der Waals surface area contributed by atoms with Crippen LogP contribution >= 0.6 is 11.6 Å². The Balaban J connectivity index is 2.40. The topological polar surface area (TPSA) is 101 Å². The van der Waals surface area contributed by atoms with E-state index >= 15 is 0 Å². The van der Waals surface area contributed by atoms with Crippen molar-refractivity contribution in [3.05, 3.63) is 45.8 Å². The molecule has 0 unspecified atom stereocenters. The van der Waals surface area contributed by atoms with Gasteiger partial charge in [-0.3, -0.25) is 9.59 Å². The Morgan fingerprint density at radius 2 is 2.00 bits per heavy atom. The number of nitrogens with zero attached hydrogens (tertiary/aromatic N) is 2. The Kier molecular flexibility index (Phi) is 6.85. The first-order valence-corrected chi connectivity index (χ1v) is 9.40. The summed E-state index contributed by atoms with van der Waals surface area (Å²) in [5.41, 5.74) is 7.93. The lowest BCUT2D eigenvalue weighted by atomic mass is 9.92. The highest BCUT2D eigenvalue weighted by Gasteiger charge is 2.29. The number of halogens is 1. The molecule has 0 saturated heterocycles. The Labute approximate surface area is 170 Å². The summed E-state index contributed by atoms with van der Waals surface area (Å²) in [4.78, 5) is 26.3. The van der Waals surface area contributed by atoms with E-state index in [0.29, 0.717) is 40.8 Å². The fraction of sp³-hybridized carbons (Fsp3) is 0.450. The second-order valence-corrected chi connectivity index (χ2v) is 8.12. The van der Waals surface area contributed by atoms with Gasteiger partial charge in [-0.05, 0) is 49.6 Å². The van der Waals surface area contributed by atoms with Crippen molar-refractivity contribution in [1.82, 2.24) is 10.1 Å². The average molecular weight is 407 g/mol. The molecule has 0 radical (unpaired) electrons. The van der Waals surface area contributed by atoms with Crippen LogP contribution in [0.25, 0.3) is 0 Å². The van der Waals surface area contributed by atoms with Crippen LogP contribution in [0, 0.1) is 19.3 Å². The molecule has 0 bridgehead atoms. The summed E-state index contributed by atoms with van der Waals surface area (Å²) in [5.74, 6) is 0.0936. The van der Waals surface area contributed by atoms with Gasteiger partial charge < -0.3 is 20.5 Å². The number of anilines is 1. The predicted octanol–water partition coefficient (Wildman–Crippen LogP) is 3.53. The summed E-state index contributed by atoms with van der Waals surface area (Å²) in [6.07, 6.45) is 0. The monoisotopic (exact) mass is 406 g/mol. The lowest BCUT2D eigenvalue weighted by Gasteiger charge is -2.32. The van der Waals surface area contributed by atoms with E-state index in [2.05, 4.69) is 10.5 Å². The van der Waals surface area contributed by atoms with Gasteiger partial charge in [-0.25, -0.2) is 0 Å². The first kappa shape index (κ1) is 21.9. The maximum atomic E-state index is 13.3. The highest BCUT2D eigenvalue weighted by Crippen LogP contribution is 2.26. The smallest absolute Gasteiger partial charge is 0.259 e. The molecule has 3 N–H and O–H groups in total. The molecule has 1 aromatic carbocycles. The normalized spacial score (nSPS) is 11.4. The van der Waals surface area contributed by atoms with E-state index in [1.165, 1.54) is 6.92 Å². The van der Waals surface area contributed by atoms with Gasteiger partial charge >= 0.3 is 0 Å². The van der Waals surface area contributed by atoms with E-state index in [1.807, 2.05) is 13.8 Å². The molecule has 0 aliphatic rings. The van der Waals surface area contributed by atoms with Crippen LogP contribution < -0.4 is 11.1 Å². The second kappa shape index (κ2) is 8.75. The third-order valence-electron chi connectivity index (χ3n) is 4.43. The van der Waals surface area contributed by atoms with Crippen molar-refractivity contribution in [1.29, 1.82) is 0 Å². The van der Waals surface area contributed by atoms with Crippen LogP contribution in [0.2, 0.25) is 5.02 Å².